The minimum Gasteiger partial charge on any atom is -0.376 e. The molecule has 2 aromatic heterocycles. The number of nitrogens with zero attached hydrogens (tertiary/aromatic N) is 4. The molecule has 0 spiro atoms. The molecule has 4 heterocycles. The van der Waals surface area contributed by atoms with Gasteiger partial charge in [-0.1, -0.05) is 12.1 Å². The molecule has 138 valence electrons. The molecule has 0 aliphatic carbocycles. The molecule has 1 saturated heterocycles. The fraction of sp³-hybridized carbons (Fsp3) is 0.556. The molecule has 8 nitrogen and oxygen atoms in total. The molecule has 1 unspecified atom stereocenters. The Morgan fingerprint density at radius 1 is 1.46 bits per heavy atom. The number of ether oxygens (including phenoxy) is 1. The summed E-state index contributed by atoms with van der Waals surface area (Å²) in [5.41, 5.74) is 2.92. The van der Waals surface area contributed by atoms with Gasteiger partial charge in [-0.2, -0.15) is 0 Å². The third kappa shape index (κ3) is 3.55. The van der Waals surface area contributed by atoms with Crippen molar-refractivity contribution in [3.05, 3.63) is 35.0 Å². The Balaban J connectivity index is 1.41. The van der Waals surface area contributed by atoms with Crippen LogP contribution in [0.1, 0.15) is 47.3 Å². The number of hydrogen-bond acceptors (Lipinski definition) is 7. The molecule has 2 aliphatic rings. The number of aryl methyl sites for hydroxylation is 1. The second-order valence-electron chi connectivity index (χ2n) is 6.74. The molecule has 1 atom stereocenters. The molecular weight excluding hydrogens is 334 g/mol. The normalized spacial score (nSPS) is 19.9. The summed E-state index contributed by atoms with van der Waals surface area (Å²) in [6, 6.07) is 1.74. The van der Waals surface area contributed by atoms with Gasteiger partial charge in [0.2, 0.25) is 11.7 Å². The average Bonchev–Trinajstić information content (AvgIpc) is 3.17. The summed E-state index contributed by atoms with van der Waals surface area (Å²) in [7, 11) is 0. The van der Waals surface area contributed by atoms with Crippen molar-refractivity contribution in [2.45, 2.75) is 45.3 Å². The molecule has 2 aromatic rings. The van der Waals surface area contributed by atoms with Gasteiger partial charge in [0, 0.05) is 43.4 Å². The topological polar surface area (TPSA) is 93.4 Å². The number of carbonyl (C=O) groups is 1. The van der Waals surface area contributed by atoms with Crippen molar-refractivity contribution in [2.24, 2.45) is 0 Å². The van der Waals surface area contributed by atoms with Crippen LogP contribution < -0.4 is 10.2 Å². The standard InChI is InChI=1S/C18H23N5O3/c1-2-13-8-16(26-22-13)17(24)20-14-4-3-6-23(10-14)18-19-9-12-11-25-7-5-15(12)21-18/h8-9,14H,2-7,10-11H2,1H3,(H,20,24). The smallest absolute Gasteiger partial charge is 0.290 e. The summed E-state index contributed by atoms with van der Waals surface area (Å²) in [6.07, 6.45) is 5.33. The van der Waals surface area contributed by atoms with Gasteiger partial charge in [0.05, 0.1) is 24.6 Å². The molecule has 0 saturated carbocycles. The Morgan fingerprint density at radius 2 is 2.38 bits per heavy atom. The number of anilines is 1. The first kappa shape index (κ1) is 17.0. The van der Waals surface area contributed by atoms with Crippen molar-refractivity contribution < 1.29 is 14.1 Å². The molecule has 26 heavy (non-hydrogen) atoms. The zero-order valence-electron chi connectivity index (χ0n) is 14.9. The monoisotopic (exact) mass is 357 g/mol. The molecule has 1 N–H and O–H groups in total. The zero-order valence-corrected chi connectivity index (χ0v) is 14.9. The van der Waals surface area contributed by atoms with Crippen molar-refractivity contribution in [3.63, 3.8) is 0 Å². The molecule has 2 aliphatic heterocycles. The lowest BCUT2D eigenvalue weighted by molar-refractivity contribution is 0.0895. The van der Waals surface area contributed by atoms with Gasteiger partial charge in [0.25, 0.3) is 5.91 Å². The van der Waals surface area contributed by atoms with Crippen LogP contribution in [0, 0.1) is 0 Å². The van der Waals surface area contributed by atoms with Gasteiger partial charge in [-0.15, -0.1) is 0 Å². The summed E-state index contributed by atoms with van der Waals surface area (Å²) < 4.78 is 10.6. The first-order valence-electron chi connectivity index (χ1n) is 9.17. The molecular formula is C18H23N5O3. The lowest BCUT2D eigenvalue weighted by Gasteiger charge is -2.33. The van der Waals surface area contributed by atoms with Crippen LogP contribution >= 0.6 is 0 Å². The van der Waals surface area contributed by atoms with Gasteiger partial charge in [-0.3, -0.25) is 4.79 Å². The highest BCUT2D eigenvalue weighted by Crippen LogP contribution is 2.20. The van der Waals surface area contributed by atoms with E-state index in [2.05, 4.69) is 20.4 Å². The number of amides is 1. The van der Waals surface area contributed by atoms with Gasteiger partial charge in [-0.05, 0) is 19.3 Å². The van der Waals surface area contributed by atoms with Crippen LogP contribution in [0.3, 0.4) is 0 Å². The maximum Gasteiger partial charge on any atom is 0.290 e. The van der Waals surface area contributed by atoms with E-state index < -0.39 is 0 Å². The number of fused-ring (bicyclic) bond motifs is 1. The SMILES string of the molecule is CCc1cc(C(=O)NC2CCCN(c3ncc4c(n3)CCOC4)C2)on1. The zero-order chi connectivity index (χ0) is 17.9. The second kappa shape index (κ2) is 7.41. The van der Waals surface area contributed by atoms with Crippen molar-refractivity contribution >= 4 is 11.9 Å². The van der Waals surface area contributed by atoms with Crippen molar-refractivity contribution in [1.29, 1.82) is 0 Å². The Labute approximate surface area is 151 Å². The lowest BCUT2D eigenvalue weighted by Crippen LogP contribution is -2.48. The van der Waals surface area contributed by atoms with Gasteiger partial charge in [-0.25, -0.2) is 9.97 Å². The van der Waals surface area contributed by atoms with Crippen LogP contribution in [-0.4, -0.2) is 46.8 Å². The summed E-state index contributed by atoms with van der Waals surface area (Å²) >= 11 is 0. The second-order valence-corrected chi connectivity index (χ2v) is 6.74. The van der Waals surface area contributed by atoms with E-state index >= 15 is 0 Å². The van der Waals surface area contributed by atoms with E-state index in [-0.39, 0.29) is 17.7 Å². The van der Waals surface area contributed by atoms with E-state index in [9.17, 15) is 4.79 Å². The minimum absolute atomic E-state index is 0.0365. The van der Waals surface area contributed by atoms with Crippen LogP contribution in [0.4, 0.5) is 5.95 Å². The van der Waals surface area contributed by atoms with Gasteiger partial charge < -0.3 is 19.5 Å². The van der Waals surface area contributed by atoms with E-state index in [0.717, 1.165) is 55.1 Å². The number of nitrogens with one attached hydrogen (secondary N) is 1. The third-order valence-corrected chi connectivity index (χ3v) is 4.87. The number of aromatic nitrogens is 3. The van der Waals surface area contributed by atoms with Crippen molar-refractivity contribution in [3.8, 4) is 0 Å². The van der Waals surface area contributed by atoms with Crippen LogP contribution in [0.2, 0.25) is 0 Å². The average molecular weight is 357 g/mol. The van der Waals surface area contributed by atoms with E-state index in [1.54, 1.807) is 6.07 Å². The van der Waals surface area contributed by atoms with Crippen LogP contribution in [0.25, 0.3) is 0 Å². The highest BCUT2D eigenvalue weighted by Gasteiger charge is 2.25. The van der Waals surface area contributed by atoms with E-state index in [1.165, 1.54) is 0 Å². The first-order valence-corrected chi connectivity index (χ1v) is 9.17. The largest absolute Gasteiger partial charge is 0.376 e. The maximum absolute atomic E-state index is 12.4. The Kier molecular flexibility index (Phi) is 4.83. The van der Waals surface area contributed by atoms with Crippen molar-refractivity contribution in [1.82, 2.24) is 20.4 Å². The molecule has 8 heteroatoms. The first-order chi connectivity index (χ1) is 12.7. The maximum atomic E-state index is 12.4. The number of carbonyl (C=O) groups excluding carboxylic acids is 1. The fourth-order valence-corrected chi connectivity index (χ4v) is 3.39. The van der Waals surface area contributed by atoms with E-state index in [1.807, 2.05) is 13.1 Å². The number of piperidine rings is 1. The van der Waals surface area contributed by atoms with E-state index in [4.69, 9.17) is 14.2 Å². The number of hydrogen-bond donors (Lipinski definition) is 1. The molecule has 1 amide bonds. The fourth-order valence-electron chi connectivity index (χ4n) is 3.39. The van der Waals surface area contributed by atoms with Crippen LogP contribution in [0.5, 0.6) is 0 Å². The lowest BCUT2D eigenvalue weighted by atomic mass is 10.1. The summed E-state index contributed by atoms with van der Waals surface area (Å²) in [6.45, 7) is 4.85. The summed E-state index contributed by atoms with van der Waals surface area (Å²) in [4.78, 5) is 23.7. The highest BCUT2D eigenvalue weighted by molar-refractivity contribution is 5.91. The van der Waals surface area contributed by atoms with Gasteiger partial charge in [0.15, 0.2) is 0 Å². The van der Waals surface area contributed by atoms with Gasteiger partial charge >= 0.3 is 0 Å². The third-order valence-electron chi connectivity index (χ3n) is 4.87. The van der Waals surface area contributed by atoms with Crippen molar-refractivity contribution in [2.75, 3.05) is 24.6 Å². The summed E-state index contributed by atoms with van der Waals surface area (Å²) in [5, 5.41) is 6.92. The predicted molar refractivity (Wildman–Crippen MR) is 94.0 cm³/mol. The Hall–Kier alpha value is -2.48. The van der Waals surface area contributed by atoms with E-state index in [0.29, 0.717) is 19.8 Å². The molecule has 4 rings (SSSR count). The number of rotatable bonds is 4. The quantitative estimate of drug-likeness (QED) is 0.886. The highest BCUT2D eigenvalue weighted by atomic mass is 16.5. The Bertz CT molecular complexity index is 791. The molecule has 0 bridgehead atoms. The molecule has 1 fully saturated rings. The summed E-state index contributed by atoms with van der Waals surface area (Å²) in [5.74, 6) is 0.786. The van der Waals surface area contributed by atoms with Crippen LogP contribution in [-0.2, 0) is 24.2 Å². The van der Waals surface area contributed by atoms with Gasteiger partial charge in [0.1, 0.15) is 0 Å². The Morgan fingerprint density at radius 3 is 3.23 bits per heavy atom. The minimum atomic E-state index is -0.215. The molecule has 0 radical (unpaired) electrons. The predicted octanol–water partition coefficient (Wildman–Crippen LogP) is 1.50. The van der Waals surface area contributed by atoms with Crippen LogP contribution in [0.15, 0.2) is 16.8 Å². The molecule has 0 aromatic carbocycles.